The van der Waals surface area contributed by atoms with Crippen molar-refractivity contribution in [3.8, 4) is 6.07 Å². The molecule has 2 aromatic heterocycles. The van der Waals surface area contributed by atoms with E-state index in [9.17, 15) is 14.9 Å². The number of carbonyl (C=O) groups is 2. The highest BCUT2D eigenvalue weighted by atomic mass is 16.2. The number of nitriles is 1. The van der Waals surface area contributed by atoms with E-state index in [2.05, 4.69) is 42.4 Å². The Kier molecular flexibility index (Phi) is 4.44. The Morgan fingerprint density at radius 3 is 2.81 bits per heavy atom. The molecule has 3 heterocycles. The molecule has 1 aliphatic heterocycles. The Hall–Kier alpha value is -4.46. The summed E-state index contributed by atoms with van der Waals surface area (Å²) in [6.45, 7) is 0.367. The first kappa shape index (κ1) is 18.6. The first-order chi connectivity index (χ1) is 15.1. The summed E-state index contributed by atoms with van der Waals surface area (Å²) in [5.74, 6) is 0.359. The lowest BCUT2D eigenvalue weighted by molar-refractivity contribution is -0.115. The fourth-order valence-corrected chi connectivity index (χ4v) is 3.17. The van der Waals surface area contributed by atoms with Crippen molar-refractivity contribution in [3.05, 3.63) is 52.8 Å². The molecule has 1 saturated heterocycles. The van der Waals surface area contributed by atoms with E-state index < -0.39 is 11.9 Å². The number of rotatable bonds is 6. The Morgan fingerprint density at radius 2 is 2.06 bits per heavy atom. The van der Waals surface area contributed by atoms with Crippen LogP contribution in [0.1, 0.15) is 29.5 Å². The van der Waals surface area contributed by atoms with Gasteiger partial charge in [0.1, 0.15) is 5.70 Å². The first-order valence-electron chi connectivity index (χ1n) is 9.69. The number of hydrogen-bond acceptors (Lipinski definition) is 8. The quantitative estimate of drug-likeness (QED) is 0.348. The smallest absolute Gasteiger partial charge is 0.326 e. The Morgan fingerprint density at radius 1 is 1.23 bits per heavy atom. The highest BCUT2D eigenvalue weighted by Gasteiger charge is 2.26. The van der Waals surface area contributed by atoms with Crippen LogP contribution in [0.3, 0.4) is 0 Å². The lowest BCUT2D eigenvalue weighted by atomic mass is 10.1. The zero-order valence-electron chi connectivity index (χ0n) is 16.2. The number of amides is 3. The van der Waals surface area contributed by atoms with Crippen molar-refractivity contribution >= 4 is 35.6 Å². The van der Waals surface area contributed by atoms with Crippen molar-refractivity contribution in [3.63, 3.8) is 0 Å². The maximum absolute atomic E-state index is 11.9. The largest absolute Gasteiger partial charge is 0.351 e. The number of imide groups is 1. The van der Waals surface area contributed by atoms with E-state index in [1.54, 1.807) is 16.8 Å². The number of fused-ring (bicyclic) bond motifs is 1. The van der Waals surface area contributed by atoms with E-state index in [1.165, 1.54) is 6.08 Å². The lowest BCUT2D eigenvalue weighted by Gasteiger charge is -2.11. The molecule has 0 atom stereocenters. The summed E-state index contributed by atoms with van der Waals surface area (Å²) in [6.07, 6.45) is 5.18. The summed E-state index contributed by atoms with van der Waals surface area (Å²) in [7, 11) is 0. The van der Waals surface area contributed by atoms with Crippen LogP contribution in [-0.4, -0.2) is 37.6 Å². The molecule has 31 heavy (non-hydrogen) atoms. The Labute approximate surface area is 176 Å². The SMILES string of the molecule is N#Cc1ccccc1CNc1nc(NC2CC2)n2ncc(/C=C3\NC(=O)NC3=O)c2n1. The fourth-order valence-electron chi connectivity index (χ4n) is 3.17. The first-order valence-corrected chi connectivity index (χ1v) is 9.69. The molecule has 2 aliphatic rings. The third kappa shape index (κ3) is 3.74. The molecule has 0 unspecified atom stereocenters. The van der Waals surface area contributed by atoms with Gasteiger partial charge in [0.25, 0.3) is 5.91 Å². The van der Waals surface area contributed by atoms with Crippen LogP contribution in [0.15, 0.2) is 36.2 Å². The Bertz CT molecular complexity index is 1280. The summed E-state index contributed by atoms with van der Waals surface area (Å²) < 4.78 is 1.56. The maximum atomic E-state index is 11.9. The van der Waals surface area contributed by atoms with Crippen molar-refractivity contribution in [1.29, 1.82) is 5.26 Å². The average Bonchev–Trinajstić information content (AvgIpc) is 3.41. The number of aromatic nitrogens is 4. The molecular weight excluding hydrogens is 398 g/mol. The van der Waals surface area contributed by atoms with Gasteiger partial charge in [-0.05, 0) is 30.5 Å². The predicted molar refractivity (Wildman–Crippen MR) is 111 cm³/mol. The van der Waals surface area contributed by atoms with Crippen molar-refractivity contribution in [2.75, 3.05) is 10.6 Å². The average molecular weight is 415 g/mol. The van der Waals surface area contributed by atoms with E-state index >= 15 is 0 Å². The minimum atomic E-state index is -0.572. The second-order valence-corrected chi connectivity index (χ2v) is 7.21. The highest BCUT2D eigenvalue weighted by Crippen LogP contribution is 2.26. The molecule has 0 spiro atoms. The number of carbonyl (C=O) groups excluding carboxylic acids is 2. The van der Waals surface area contributed by atoms with Gasteiger partial charge in [0, 0.05) is 18.2 Å². The fraction of sp³-hybridized carbons (Fsp3) is 0.200. The molecule has 0 bridgehead atoms. The third-order valence-corrected chi connectivity index (χ3v) is 4.90. The normalized spacial score (nSPS) is 16.8. The standard InChI is InChI=1S/C20H17N9O2/c21-8-11-3-1-2-4-12(11)9-22-18-26-16-13(7-15-17(30)27-20(31)25-15)10-23-29(16)19(28-18)24-14-5-6-14/h1-4,7,10,14H,5-6,9H2,(H2,22,24,26,28)(H2,25,27,30,31)/b15-7-. The van der Waals surface area contributed by atoms with Crippen molar-refractivity contribution < 1.29 is 9.59 Å². The van der Waals surface area contributed by atoms with Gasteiger partial charge in [-0.3, -0.25) is 10.1 Å². The van der Waals surface area contributed by atoms with Crippen LogP contribution in [0, 0.1) is 11.3 Å². The topological polar surface area (TPSA) is 149 Å². The van der Waals surface area contributed by atoms with Gasteiger partial charge in [-0.1, -0.05) is 18.2 Å². The third-order valence-electron chi connectivity index (χ3n) is 4.90. The Balaban J connectivity index is 1.51. The van der Waals surface area contributed by atoms with Gasteiger partial charge in [0.05, 0.1) is 17.8 Å². The van der Waals surface area contributed by atoms with Gasteiger partial charge in [-0.2, -0.15) is 24.8 Å². The molecule has 1 aromatic carbocycles. The molecule has 3 aromatic rings. The van der Waals surface area contributed by atoms with Gasteiger partial charge in [0.2, 0.25) is 11.9 Å². The number of nitrogens with zero attached hydrogens (tertiary/aromatic N) is 5. The number of nitrogens with one attached hydrogen (secondary N) is 4. The van der Waals surface area contributed by atoms with E-state index in [-0.39, 0.29) is 5.70 Å². The molecule has 1 saturated carbocycles. The molecule has 4 N–H and O–H groups in total. The molecule has 11 nitrogen and oxygen atoms in total. The monoisotopic (exact) mass is 415 g/mol. The number of anilines is 2. The van der Waals surface area contributed by atoms with E-state index in [4.69, 9.17) is 0 Å². The predicted octanol–water partition coefficient (Wildman–Crippen LogP) is 1.36. The van der Waals surface area contributed by atoms with Crippen LogP contribution in [0.25, 0.3) is 11.7 Å². The minimum Gasteiger partial charge on any atom is -0.351 e. The highest BCUT2D eigenvalue weighted by molar-refractivity contribution is 6.14. The van der Waals surface area contributed by atoms with E-state index in [0.717, 1.165) is 18.4 Å². The van der Waals surface area contributed by atoms with E-state index in [0.29, 0.717) is 41.3 Å². The van der Waals surface area contributed by atoms with Crippen LogP contribution in [0.4, 0.5) is 16.7 Å². The van der Waals surface area contributed by atoms with Crippen LogP contribution in [0.5, 0.6) is 0 Å². The van der Waals surface area contributed by atoms with Crippen LogP contribution in [-0.2, 0) is 11.3 Å². The molecule has 1 aliphatic carbocycles. The van der Waals surface area contributed by atoms with Gasteiger partial charge in [-0.15, -0.1) is 0 Å². The molecule has 3 amide bonds. The van der Waals surface area contributed by atoms with Crippen molar-refractivity contribution in [1.82, 2.24) is 30.2 Å². The zero-order valence-corrected chi connectivity index (χ0v) is 16.2. The van der Waals surface area contributed by atoms with Crippen molar-refractivity contribution in [2.45, 2.75) is 25.4 Å². The molecule has 0 radical (unpaired) electrons. The summed E-state index contributed by atoms with van der Waals surface area (Å²) in [5.41, 5.74) is 2.54. The van der Waals surface area contributed by atoms with Crippen molar-refractivity contribution in [2.24, 2.45) is 0 Å². The number of urea groups is 1. The minimum absolute atomic E-state index is 0.118. The van der Waals surface area contributed by atoms with Gasteiger partial charge in [-0.25, -0.2) is 4.79 Å². The molecule has 154 valence electrons. The summed E-state index contributed by atoms with van der Waals surface area (Å²) in [4.78, 5) is 32.4. The second kappa shape index (κ2) is 7.42. The number of benzene rings is 1. The summed E-state index contributed by atoms with van der Waals surface area (Å²) in [6, 6.07) is 9.23. The van der Waals surface area contributed by atoms with Gasteiger partial charge < -0.3 is 16.0 Å². The molecule has 11 heteroatoms. The molecule has 5 rings (SSSR count). The molecular formula is C20H17N9O2. The summed E-state index contributed by atoms with van der Waals surface area (Å²) >= 11 is 0. The van der Waals surface area contributed by atoms with Crippen LogP contribution < -0.4 is 21.3 Å². The van der Waals surface area contributed by atoms with Crippen LogP contribution in [0.2, 0.25) is 0 Å². The lowest BCUT2D eigenvalue weighted by Crippen LogP contribution is -2.22. The number of hydrogen-bond donors (Lipinski definition) is 4. The zero-order chi connectivity index (χ0) is 21.4. The maximum Gasteiger partial charge on any atom is 0.326 e. The van der Waals surface area contributed by atoms with Crippen LogP contribution >= 0.6 is 0 Å². The summed E-state index contributed by atoms with van der Waals surface area (Å²) in [5, 5.41) is 24.8. The second-order valence-electron chi connectivity index (χ2n) is 7.21. The van der Waals surface area contributed by atoms with Gasteiger partial charge in [0.15, 0.2) is 5.65 Å². The van der Waals surface area contributed by atoms with Gasteiger partial charge >= 0.3 is 6.03 Å². The van der Waals surface area contributed by atoms with E-state index in [1.807, 2.05) is 18.2 Å². The molecule has 2 fully saturated rings.